The van der Waals surface area contributed by atoms with E-state index in [2.05, 4.69) is 5.32 Å². The lowest BCUT2D eigenvalue weighted by atomic mass is 10.0. The van der Waals surface area contributed by atoms with Gasteiger partial charge in [0.05, 0.1) is 24.8 Å². The number of carbonyl (C=O) groups is 2. The largest absolute Gasteiger partial charge is 0.493 e. The van der Waals surface area contributed by atoms with Gasteiger partial charge in [-0.1, -0.05) is 85.3 Å². The summed E-state index contributed by atoms with van der Waals surface area (Å²) in [5.74, 6) is -0.138. The highest BCUT2D eigenvalue weighted by Gasteiger charge is 2.34. The lowest BCUT2D eigenvalue weighted by molar-refractivity contribution is -0.140. The molecular weight excluding hydrogens is 602 g/mol. The third kappa shape index (κ3) is 8.45. The summed E-state index contributed by atoms with van der Waals surface area (Å²) in [4.78, 5) is 29.8. The van der Waals surface area contributed by atoms with Crippen molar-refractivity contribution in [2.24, 2.45) is 0 Å². The van der Waals surface area contributed by atoms with Crippen LogP contribution in [0.25, 0.3) is 0 Å². The third-order valence-electron chi connectivity index (χ3n) is 7.56. The highest BCUT2D eigenvalue weighted by atomic mass is 32.2. The zero-order valence-electron chi connectivity index (χ0n) is 26.7. The fraction of sp³-hybridized carbons (Fsp3) is 0.278. The SMILES string of the molecule is CCCNC(=O)[C@H](Cc1ccccc1)N(Cc1ccc(C)cc1)C(=O)CN(c1ccc(OC)c(OC)c1)S(=O)(=O)c1ccccc1. The summed E-state index contributed by atoms with van der Waals surface area (Å²) < 4.78 is 40.2. The third-order valence-corrected chi connectivity index (χ3v) is 9.35. The number of aryl methyl sites for hydroxylation is 1. The second kappa shape index (κ2) is 15.9. The van der Waals surface area contributed by atoms with E-state index >= 15 is 0 Å². The Morgan fingerprint density at radius 3 is 2.04 bits per heavy atom. The molecule has 0 bridgehead atoms. The summed E-state index contributed by atoms with van der Waals surface area (Å²) in [6.07, 6.45) is 0.966. The average Bonchev–Trinajstić information content (AvgIpc) is 3.08. The number of benzene rings is 4. The first kappa shape index (κ1) is 34.1. The number of hydrogen-bond acceptors (Lipinski definition) is 6. The van der Waals surface area contributed by atoms with Crippen LogP contribution in [0.2, 0.25) is 0 Å². The minimum Gasteiger partial charge on any atom is -0.493 e. The molecule has 0 heterocycles. The van der Waals surface area contributed by atoms with E-state index in [1.807, 2.05) is 68.4 Å². The Morgan fingerprint density at radius 1 is 0.804 bits per heavy atom. The molecule has 46 heavy (non-hydrogen) atoms. The van der Waals surface area contributed by atoms with Gasteiger partial charge in [0, 0.05) is 25.6 Å². The van der Waals surface area contributed by atoms with Crippen molar-refractivity contribution >= 4 is 27.5 Å². The topological polar surface area (TPSA) is 105 Å². The number of nitrogens with one attached hydrogen (secondary N) is 1. The molecule has 1 atom stereocenters. The van der Waals surface area contributed by atoms with Gasteiger partial charge < -0.3 is 19.7 Å². The predicted octanol–water partition coefficient (Wildman–Crippen LogP) is 5.37. The van der Waals surface area contributed by atoms with Gasteiger partial charge >= 0.3 is 0 Å². The number of anilines is 1. The summed E-state index contributed by atoms with van der Waals surface area (Å²) in [7, 11) is -1.30. The van der Waals surface area contributed by atoms with Gasteiger partial charge in [-0.05, 0) is 48.7 Å². The van der Waals surface area contributed by atoms with Crippen LogP contribution in [0.15, 0.2) is 108 Å². The molecule has 1 N–H and O–H groups in total. The Balaban J connectivity index is 1.82. The minimum atomic E-state index is -4.24. The molecule has 0 saturated carbocycles. The van der Waals surface area contributed by atoms with E-state index in [0.717, 1.165) is 27.4 Å². The van der Waals surface area contributed by atoms with Crippen LogP contribution in [0.5, 0.6) is 11.5 Å². The number of sulfonamides is 1. The maximum atomic E-state index is 14.5. The molecule has 2 amide bonds. The normalized spacial score (nSPS) is 11.7. The molecule has 0 aliphatic rings. The molecule has 10 heteroatoms. The average molecular weight is 644 g/mol. The van der Waals surface area contributed by atoms with E-state index in [4.69, 9.17) is 9.47 Å². The van der Waals surface area contributed by atoms with Crippen molar-refractivity contribution in [2.45, 2.75) is 44.2 Å². The molecule has 0 saturated heterocycles. The van der Waals surface area contributed by atoms with Crippen LogP contribution in [0, 0.1) is 6.92 Å². The van der Waals surface area contributed by atoms with Crippen molar-refractivity contribution in [3.8, 4) is 11.5 Å². The van der Waals surface area contributed by atoms with Crippen LogP contribution < -0.4 is 19.1 Å². The van der Waals surface area contributed by atoms with E-state index < -0.39 is 28.5 Å². The Morgan fingerprint density at radius 2 is 1.43 bits per heavy atom. The summed E-state index contributed by atoms with van der Waals surface area (Å²) in [6.45, 7) is 3.90. The lowest BCUT2D eigenvalue weighted by Gasteiger charge is -2.34. The van der Waals surface area contributed by atoms with Crippen molar-refractivity contribution in [2.75, 3.05) is 31.6 Å². The first-order valence-electron chi connectivity index (χ1n) is 15.1. The quantitative estimate of drug-likeness (QED) is 0.187. The summed E-state index contributed by atoms with van der Waals surface area (Å²) in [5, 5.41) is 2.96. The Kier molecular flexibility index (Phi) is 11.8. The zero-order chi connectivity index (χ0) is 33.1. The Labute approximate surface area is 271 Å². The van der Waals surface area contributed by atoms with Crippen LogP contribution in [0.3, 0.4) is 0 Å². The number of amides is 2. The highest BCUT2D eigenvalue weighted by molar-refractivity contribution is 7.92. The molecule has 0 unspecified atom stereocenters. The number of nitrogens with zero attached hydrogens (tertiary/aromatic N) is 2. The second-order valence-electron chi connectivity index (χ2n) is 10.9. The molecule has 242 valence electrons. The molecule has 0 radical (unpaired) electrons. The first-order valence-corrected chi connectivity index (χ1v) is 16.6. The number of carbonyl (C=O) groups excluding carboxylic acids is 2. The second-order valence-corrected chi connectivity index (χ2v) is 12.7. The van der Waals surface area contributed by atoms with Crippen molar-refractivity contribution in [1.29, 1.82) is 0 Å². The van der Waals surface area contributed by atoms with Gasteiger partial charge in [0.15, 0.2) is 11.5 Å². The Bertz CT molecular complexity index is 1700. The van der Waals surface area contributed by atoms with Crippen LogP contribution >= 0.6 is 0 Å². The number of methoxy groups -OCH3 is 2. The molecule has 0 fully saturated rings. The van der Waals surface area contributed by atoms with E-state index in [1.54, 1.807) is 30.3 Å². The summed E-state index contributed by atoms with van der Waals surface area (Å²) in [5.41, 5.74) is 2.94. The Hall–Kier alpha value is -4.83. The molecule has 4 aromatic carbocycles. The molecule has 0 spiro atoms. The molecule has 4 aromatic rings. The fourth-order valence-corrected chi connectivity index (χ4v) is 6.47. The fourth-order valence-electron chi connectivity index (χ4n) is 5.04. The maximum absolute atomic E-state index is 14.5. The smallest absolute Gasteiger partial charge is 0.264 e. The summed E-state index contributed by atoms with van der Waals surface area (Å²) >= 11 is 0. The van der Waals surface area contributed by atoms with Gasteiger partial charge in [-0.15, -0.1) is 0 Å². The number of hydrogen-bond donors (Lipinski definition) is 1. The van der Waals surface area contributed by atoms with Crippen molar-refractivity contribution in [3.05, 3.63) is 120 Å². The van der Waals surface area contributed by atoms with Crippen molar-refractivity contribution in [1.82, 2.24) is 10.2 Å². The van der Waals surface area contributed by atoms with Crippen LogP contribution in [-0.2, 0) is 32.6 Å². The van der Waals surface area contributed by atoms with Gasteiger partial charge in [-0.25, -0.2) is 8.42 Å². The minimum absolute atomic E-state index is 0.0178. The molecule has 0 aliphatic carbocycles. The predicted molar refractivity (Wildman–Crippen MR) is 179 cm³/mol. The standard InChI is InChI=1S/C36H41N3O6S/c1-5-22-37-36(41)32(23-28-12-8-6-9-13-28)38(25-29-18-16-27(2)17-19-29)35(40)26-39(46(42,43)31-14-10-7-11-15-31)30-20-21-33(44-3)34(24-30)45-4/h6-21,24,32H,5,22-23,25-26H2,1-4H3,(H,37,41)/t32-/m0/s1. The zero-order valence-corrected chi connectivity index (χ0v) is 27.5. The number of rotatable bonds is 15. The van der Waals surface area contributed by atoms with Gasteiger partial charge in [0.1, 0.15) is 12.6 Å². The van der Waals surface area contributed by atoms with Crippen LogP contribution in [-0.4, -0.2) is 58.5 Å². The monoisotopic (exact) mass is 643 g/mol. The molecule has 4 rings (SSSR count). The van der Waals surface area contributed by atoms with Crippen LogP contribution in [0.4, 0.5) is 5.69 Å². The molecule has 9 nitrogen and oxygen atoms in total. The highest BCUT2D eigenvalue weighted by Crippen LogP contribution is 2.34. The van der Waals surface area contributed by atoms with Gasteiger partial charge in [-0.2, -0.15) is 0 Å². The molecule has 0 aromatic heterocycles. The van der Waals surface area contributed by atoms with Crippen molar-refractivity contribution < 1.29 is 27.5 Å². The lowest BCUT2D eigenvalue weighted by Crippen LogP contribution is -2.53. The molecular formula is C36H41N3O6S. The maximum Gasteiger partial charge on any atom is 0.264 e. The first-order chi connectivity index (χ1) is 22.2. The number of ether oxygens (including phenoxy) is 2. The van der Waals surface area contributed by atoms with E-state index in [9.17, 15) is 18.0 Å². The van der Waals surface area contributed by atoms with Gasteiger partial charge in [-0.3, -0.25) is 13.9 Å². The van der Waals surface area contributed by atoms with Crippen molar-refractivity contribution in [3.63, 3.8) is 0 Å². The molecule has 0 aliphatic heterocycles. The van der Waals surface area contributed by atoms with E-state index in [1.165, 1.54) is 37.3 Å². The van der Waals surface area contributed by atoms with E-state index in [0.29, 0.717) is 18.0 Å². The summed E-state index contributed by atoms with van der Waals surface area (Å²) in [6, 6.07) is 28.9. The van der Waals surface area contributed by atoms with E-state index in [-0.39, 0.29) is 29.5 Å². The van der Waals surface area contributed by atoms with Gasteiger partial charge in [0.2, 0.25) is 11.8 Å². The van der Waals surface area contributed by atoms with Crippen LogP contribution in [0.1, 0.15) is 30.0 Å². The van der Waals surface area contributed by atoms with Gasteiger partial charge in [0.25, 0.3) is 10.0 Å².